The molecule has 0 amide bonds. The first-order valence-electron chi connectivity index (χ1n) is 6.51. The predicted octanol–water partition coefficient (Wildman–Crippen LogP) is 3.58. The van der Waals surface area contributed by atoms with Crippen LogP contribution in [0.2, 0.25) is 5.02 Å². The van der Waals surface area contributed by atoms with Gasteiger partial charge in [0.2, 0.25) is 0 Å². The quantitative estimate of drug-likeness (QED) is 0.910. The summed E-state index contributed by atoms with van der Waals surface area (Å²) < 4.78 is 0. The number of hydrogen-bond donors (Lipinski definition) is 1. The summed E-state index contributed by atoms with van der Waals surface area (Å²) >= 11 is 8.05. The number of halogens is 1. The van der Waals surface area contributed by atoms with Crippen LogP contribution in [0.4, 0.5) is 5.69 Å². The number of thioether (sulfide) groups is 1. The summed E-state index contributed by atoms with van der Waals surface area (Å²) in [6.07, 6.45) is 0. The van der Waals surface area contributed by atoms with Crippen LogP contribution in [-0.4, -0.2) is 41.6 Å². The summed E-state index contributed by atoms with van der Waals surface area (Å²) in [5.74, 6) is 0. The zero-order valence-corrected chi connectivity index (χ0v) is 12.6. The van der Waals surface area contributed by atoms with Gasteiger partial charge >= 0.3 is 0 Å². The van der Waals surface area contributed by atoms with Gasteiger partial charge in [-0.15, -0.1) is 0 Å². The van der Waals surface area contributed by atoms with Crippen LogP contribution >= 0.6 is 23.4 Å². The molecule has 0 aliphatic carbocycles. The molecule has 1 fully saturated rings. The van der Waals surface area contributed by atoms with Crippen molar-refractivity contribution in [1.29, 1.82) is 0 Å². The lowest BCUT2D eigenvalue weighted by Gasteiger charge is -2.34. The van der Waals surface area contributed by atoms with E-state index in [1.165, 1.54) is 13.1 Å². The molecule has 1 aromatic rings. The van der Waals surface area contributed by atoms with Crippen molar-refractivity contribution >= 4 is 29.1 Å². The summed E-state index contributed by atoms with van der Waals surface area (Å²) in [5, 5.41) is 5.72. The fraction of sp³-hybridized carbons (Fsp3) is 0.571. The molecule has 1 saturated heterocycles. The molecule has 100 valence electrons. The first kappa shape index (κ1) is 14.0. The van der Waals surface area contributed by atoms with E-state index < -0.39 is 0 Å². The second-order valence-electron chi connectivity index (χ2n) is 4.95. The molecule has 2 unspecified atom stereocenters. The first-order chi connectivity index (χ1) is 8.63. The summed E-state index contributed by atoms with van der Waals surface area (Å²) in [6.45, 7) is 9.11. The average Bonchev–Trinajstić information content (AvgIpc) is 2.27. The fourth-order valence-electron chi connectivity index (χ4n) is 2.42. The molecular weight excluding hydrogens is 264 g/mol. The number of hydrogen-bond acceptors (Lipinski definition) is 3. The average molecular weight is 285 g/mol. The zero-order chi connectivity index (χ0) is 13.0. The van der Waals surface area contributed by atoms with Crippen LogP contribution < -0.4 is 5.32 Å². The second-order valence-corrected chi connectivity index (χ2v) is 7.27. The van der Waals surface area contributed by atoms with Gasteiger partial charge in [-0.1, -0.05) is 31.5 Å². The van der Waals surface area contributed by atoms with E-state index >= 15 is 0 Å². The van der Waals surface area contributed by atoms with Gasteiger partial charge in [0, 0.05) is 47.4 Å². The van der Waals surface area contributed by atoms with Crippen LogP contribution in [0, 0.1) is 0 Å². The minimum Gasteiger partial charge on any atom is -0.384 e. The third-order valence-corrected chi connectivity index (χ3v) is 4.54. The van der Waals surface area contributed by atoms with Gasteiger partial charge in [-0.25, -0.2) is 0 Å². The topological polar surface area (TPSA) is 15.3 Å². The van der Waals surface area contributed by atoms with E-state index in [-0.39, 0.29) is 0 Å². The Morgan fingerprint density at radius 2 is 2.06 bits per heavy atom. The fourth-order valence-corrected chi connectivity index (χ4v) is 4.00. The van der Waals surface area contributed by atoms with Gasteiger partial charge in [-0.3, -0.25) is 4.90 Å². The monoisotopic (exact) mass is 284 g/mol. The lowest BCUT2D eigenvalue weighted by molar-refractivity contribution is 0.281. The molecule has 1 heterocycles. The number of rotatable bonds is 4. The molecule has 18 heavy (non-hydrogen) atoms. The molecule has 0 bridgehead atoms. The molecule has 4 heteroatoms. The predicted molar refractivity (Wildman–Crippen MR) is 82.9 cm³/mol. The number of anilines is 1. The highest BCUT2D eigenvalue weighted by atomic mass is 35.5. The van der Waals surface area contributed by atoms with Gasteiger partial charge in [-0.05, 0) is 18.2 Å². The van der Waals surface area contributed by atoms with Gasteiger partial charge in [0.05, 0.1) is 0 Å². The standard InChI is InChI=1S/C14H21ClN2S/c1-11-9-17(10-12(2)18-11)7-6-16-14-5-3-4-13(15)8-14/h3-5,8,11-12,16H,6-7,9-10H2,1-2H3. The van der Waals surface area contributed by atoms with Crippen molar-refractivity contribution < 1.29 is 0 Å². The molecule has 0 radical (unpaired) electrons. The van der Waals surface area contributed by atoms with Crippen molar-refractivity contribution in [1.82, 2.24) is 4.90 Å². The van der Waals surface area contributed by atoms with E-state index in [9.17, 15) is 0 Å². The van der Waals surface area contributed by atoms with Crippen molar-refractivity contribution in [3.8, 4) is 0 Å². The largest absolute Gasteiger partial charge is 0.384 e. The molecule has 1 aromatic carbocycles. The van der Waals surface area contributed by atoms with Gasteiger partial charge in [0.25, 0.3) is 0 Å². The Morgan fingerprint density at radius 1 is 1.33 bits per heavy atom. The van der Waals surface area contributed by atoms with Crippen molar-refractivity contribution in [2.75, 3.05) is 31.5 Å². The first-order valence-corrected chi connectivity index (χ1v) is 7.83. The number of nitrogens with zero attached hydrogens (tertiary/aromatic N) is 1. The Kier molecular flexibility index (Phi) is 5.22. The van der Waals surface area contributed by atoms with Crippen molar-refractivity contribution in [2.24, 2.45) is 0 Å². The van der Waals surface area contributed by atoms with Crippen LogP contribution in [0.25, 0.3) is 0 Å². The Labute approximate surface area is 119 Å². The Hall–Kier alpha value is -0.380. The van der Waals surface area contributed by atoms with E-state index in [4.69, 9.17) is 11.6 Å². The normalized spacial score (nSPS) is 25.1. The third-order valence-electron chi connectivity index (χ3n) is 3.08. The molecule has 1 aliphatic heterocycles. The highest BCUT2D eigenvalue weighted by Crippen LogP contribution is 2.24. The van der Waals surface area contributed by atoms with Crippen LogP contribution in [0.3, 0.4) is 0 Å². The van der Waals surface area contributed by atoms with Gasteiger partial charge in [0.1, 0.15) is 0 Å². The highest BCUT2D eigenvalue weighted by Gasteiger charge is 2.21. The van der Waals surface area contributed by atoms with Crippen molar-refractivity contribution in [3.05, 3.63) is 29.3 Å². The summed E-state index contributed by atoms with van der Waals surface area (Å²) in [5.41, 5.74) is 1.11. The van der Waals surface area contributed by atoms with E-state index in [0.29, 0.717) is 0 Å². The van der Waals surface area contributed by atoms with Gasteiger partial charge in [0.15, 0.2) is 0 Å². The van der Waals surface area contributed by atoms with Gasteiger partial charge in [-0.2, -0.15) is 11.8 Å². The third kappa shape index (κ3) is 4.38. The minimum atomic E-state index is 0.750. The van der Waals surface area contributed by atoms with Crippen molar-refractivity contribution in [3.63, 3.8) is 0 Å². The highest BCUT2D eigenvalue weighted by molar-refractivity contribution is 8.00. The molecule has 1 N–H and O–H groups in total. The van der Waals surface area contributed by atoms with E-state index in [1.807, 2.05) is 18.2 Å². The summed E-state index contributed by atoms with van der Waals surface area (Å²) in [4.78, 5) is 2.55. The van der Waals surface area contributed by atoms with E-state index in [2.05, 4.69) is 41.9 Å². The van der Waals surface area contributed by atoms with Crippen LogP contribution in [0.1, 0.15) is 13.8 Å². The molecule has 2 rings (SSSR count). The molecular formula is C14H21ClN2S. The summed E-state index contributed by atoms with van der Waals surface area (Å²) in [6, 6.07) is 7.91. The zero-order valence-electron chi connectivity index (χ0n) is 11.0. The maximum absolute atomic E-state index is 5.96. The lowest BCUT2D eigenvalue weighted by Crippen LogP contribution is -2.42. The van der Waals surface area contributed by atoms with Crippen LogP contribution in [-0.2, 0) is 0 Å². The number of nitrogens with one attached hydrogen (secondary N) is 1. The Balaban J connectivity index is 1.75. The lowest BCUT2D eigenvalue weighted by atomic mass is 10.3. The smallest absolute Gasteiger partial charge is 0.0426 e. The summed E-state index contributed by atoms with van der Waals surface area (Å²) in [7, 11) is 0. The Bertz CT molecular complexity index is 376. The SMILES string of the molecule is CC1CN(CCNc2cccc(Cl)c2)CC(C)S1. The molecule has 0 aromatic heterocycles. The van der Waals surface area contributed by atoms with E-state index in [1.54, 1.807) is 0 Å². The van der Waals surface area contributed by atoms with Crippen molar-refractivity contribution in [2.45, 2.75) is 24.3 Å². The maximum atomic E-state index is 5.96. The molecule has 0 saturated carbocycles. The molecule has 1 aliphatic rings. The molecule has 0 spiro atoms. The second kappa shape index (κ2) is 6.69. The Morgan fingerprint density at radius 3 is 2.72 bits per heavy atom. The van der Waals surface area contributed by atoms with Crippen LogP contribution in [0.15, 0.2) is 24.3 Å². The maximum Gasteiger partial charge on any atom is 0.0426 e. The van der Waals surface area contributed by atoms with E-state index in [0.717, 1.165) is 34.3 Å². The molecule has 2 nitrogen and oxygen atoms in total. The molecule has 2 atom stereocenters. The van der Waals surface area contributed by atoms with Gasteiger partial charge < -0.3 is 5.32 Å². The number of benzene rings is 1. The van der Waals surface area contributed by atoms with Crippen LogP contribution in [0.5, 0.6) is 0 Å². The minimum absolute atomic E-state index is 0.750.